The summed E-state index contributed by atoms with van der Waals surface area (Å²) in [6, 6.07) is 11.7. The monoisotopic (exact) mass is 580 g/mol. The molecule has 0 aliphatic heterocycles. The van der Waals surface area contributed by atoms with E-state index in [4.69, 9.17) is 17.2 Å². The van der Waals surface area contributed by atoms with Crippen LogP contribution < -0.4 is 37.9 Å². The van der Waals surface area contributed by atoms with E-state index in [2.05, 4.69) is 20.7 Å². The molecule has 13 heteroatoms. The first kappa shape index (κ1) is 33.5. The standard InChI is InChI=1S/C28H39F3N6O4/c29-28(30,31)41-21-13-10-20(11-14-21)18-35-26(39)24(15-12-19-6-2-1-3-7-19)37-27(40)23(9-5-17-33)36-25(38)22(34)8-4-16-32/h1-3,6-7,10-11,13-14,22-24H,4-5,8-9,12,15-18,32-34H2,(H,35,39)(H,36,38)(H,37,40)/t22-,23-,24-/m0/s1. The van der Waals surface area contributed by atoms with Crippen LogP contribution in [0.4, 0.5) is 13.2 Å². The van der Waals surface area contributed by atoms with E-state index >= 15 is 0 Å². The molecular weight excluding hydrogens is 541 g/mol. The Hall–Kier alpha value is -3.68. The molecule has 10 nitrogen and oxygen atoms in total. The van der Waals surface area contributed by atoms with Crippen LogP contribution in [0.25, 0.3) is 0 Å². The molecule has 0 spiro atoms. The van der Waals surface area contributed by atoms with Gasteiger partial charge in [-0.15, -0.1) is 13.2 Å². The highest BCUT2D eigenvalue weighted by Gasteiger charge is 2.31. The van der Waals surface area contributed by atoms with Crippen LogP contribution in [-0.2, 0) is 27.3 Å². The lowest BCUT2D eigenvalue weighted by Crippen LogP contribution is -2.55. The number of nitrogens with one attached hydrogen (secondary N) is 3. The van der Waals surface area contributed by atoms with Crippen LogP contribution in [-0.4, -0.2) is 55.3 Å². The Bertz CT molecular complexity index is 1090. The maximum absolute atomic E-state index is 13.3. The first-order chi connectivity index (χ1) is 19.5. The summed E-state index contributed by atoms with van der Waals surface area (Å²) in [5.41, 5.74) is 18.5. The van der Waals surface area contributed by atoms with Gasteiger partial charge >= 0.3 is 6.36 Å². The number of hydrogen-bond acceptors (Lipinski definition) is 7. The molecule has 2 rings (SSSR count). The summed E-state index contributed by atoms with van der Waals surface area (Å²) in [6.45, 7) is 0.678. The van der Waals surface area contributed by atoms with Gasteiger partial charge in [0.2, 0.25) is 17.7 Å². The molecule has 3 amide bonds. The van der Waals surface area contributed by atoms with E-state index in [1.165, 1.54) is 12.1 Å². The highest BCUT2D eigenvalue weighted by molar-refractivity contribution is 5.93. The molecule has 0 unspecified atom stereocenters. The van der Waals surface area contributed by atoms with Crippen molar-refractivity contribution in [1.29, 1.82) is 0 Å². The highest BCUT2D eigenvalue weighted by Crippen LogP contribution is 2.22. The Labute approximate surface area is 237 Å². The molecule has 226 valence electrons. The van der Waals surface area contributed by atoms with Crippen LogP contribution in [0.1, 0.15) is 43.2 Å². The third kappa shape index (κ3) is 13.0. The number of hydrogen-bond donors (Lipinski definition) is 6. The van der Waals surface area contributed by atoms with Gasteiger partial charge in [0.05, 0.1) is 6.04 Å². The van der Waals surface area contributed by atoms with Gasteiger partial charge in [-0.2, -0.15) is 0 Å². The Morgan fingerprint density at radius 3 is 1.95 bits per heavy atom. The molecule has 2 aromatic carbocycles. The minimum atomic E-state index is -4.81. The summed E-state index contributed by atoms with van der Waals surface area (Å²) in [5, 5.41) is 8.12. The SMILES string of the molecule is NCCC[C@H](NC(=O)[C@@H](N)CCCN)C(=O)N[C@@H](CCc1ccccc1)C(=O)NCc1ccc(OC(F)(F)F)cc1. The van der Waals surface area contributed by atoms with Crippen molar-refractivity contribution in [3.05, 3.63) is 65.7 Å². The van der Waals surface area contributed by atoms with Gasteiger partial charge in [0, 0.05) is 6.54 Å². The van der Waals surface area contributed by atoms with E-state index in [0.29, 0.717) is 44.3 Å². The number of benzene rings is 2. The number of aryl methyl sites for hydroxylation is 1. The Morgan fingerprint density at radius 1 is 0.756 bits per heavy atom. The van der Waals surface area contributed by atoms with E-state index in [1.807, 2.05) is 30.3 Å². The zero-order chi connectivity index (χ0) is 30.3. The third-order valence-corrected chi connectivity index (χ3v) is 6.21. The van der Waals surface area contributed by atoms with Crippen molar-refractivity contribution in [2.75, 3.05) is 13.1 Å². The molecule has 0 fully saturated rings. The lowest BCUT2D eigenvalue weighted by molar-refractivity contribution is -0.274. The zero-order valence-electron chi connectivity index (χ0n) is 22.8. The van der Waals surface area contributed by atoms with Crippen molar-refractivity contribution in [3.63, 3.8) is 0 Å². The summed E-state index contributed by atoms with van der Waals surface area (Å²) < 4.78 is 41.1. The normalized spacial score (nSPS) is 13.5. The van der Waals surface area contributed by atoms with Crippen LogP contribution in [0.15, 0.2) is 54.6 Å². The first-order valence-electron chi connectivity index (χ1n) is 13.4. The van der Waals surface area contributed by atoms with E-state index in [9.17, 15) is 27.6 Å². The molecule has 0 aliphatic rings. The molecule has 0 bridgehead atoms. The fourth-order valence-corrected chi connectivity index (χ4v) is 3.96. The topological polar surface area (TPSA) is 175 Å². The number of carbonyl (C=O) groups is 3. The largest absolute Gasteiger partial charge is 0.573 e. The maximum atomic E-state index is 13.3. The predicted molar refractivity (Wildman–Crippen MR) is 148 cm³/mol. The number of ether oxygens (including phenoxy) is 1. The lowest BCUT2D eigenvalue weighted by Gasteiger charge is -2.24. The Morgan fingerprint density at radius 2 is 1.34 bits per heavy atom. The highest BCUT2D eigenvalue weighted by atomic mass is 19.4. The molecule has 0 heterocycles. The molecule has 0 saturated heterocycles. The molecule has 9 N–H and O–H groups in total. The molecule has 0 radical (unpaired) electrons. The predicted octanol–water partition coefficient (Wildman–Crippen LogP) is 1.61. The van der Waals surface area contributed by atoms with Gasteiger partial charge in [-0.1, -0.05) is 42.5 Å². The van der Waals surface area contributed by atoms with Gasteiger partial charge in [-0.05, 0) is 74.9 Å². The zero-order valence-corrected chi connectivity index (χ0v) is 22.8. The average Bonchev–Trinajstić information content (AvgIpc) is 2.94. The van der Waals surface area contributed by atoms with Gasteiger partial charge in [0.25, 0.3) is 0 Å². The molecule has 0 saturated carbocycles. The molecule has 0 aromatic heterocycles. The summed E-state index contributed by atoms with van der Waals surface area (Å²) in [7, 11) is 0. The van der Waals surface area contributed by atoms with Gasteiger partial charge in [0.15, 0.2) is 0 Å². The number of alkyl halides is 3. The van der Waals surface area contributed by atoms with Crippen LogP contribution >= 0.6 is 0 Å². The number of rotatable bonds is 17. The molecular formula is C28H39F3N6O4. The number of halogens is 3. The van der Waals surface area contributed by atoms with E-state index in [1.54, 1.807) is 0 Å². The second kappa shape index (κ2) is 17.2. The van der Waals surface area contributed by atoms with E-state index in [-0.39, 0.29) is 25.1 Å². The minimum Gasteiger partial charge on any atom is -0.406 e. The van der Waals surface area contributed by atoms with Crippen LogP contribution in [0.3, 0.4) is 0 Å². The summed E-state index contributed by atoms with van der Waals surface area (Å²) in [5.74, 6) is -1.93. The average molecular weight is 581 g/mol. The second-order valence-electron chi connectivity index (χ2n) is 9.52. The van der Waals surface area contributed by atoms with Crippen molar-refractivity contribution in [1.82, 2.24) is 16.0 Å². The fourth-order valence-electron chi connectivity index (χ4n) is 3.96. The van der Waals surface area contributed by atoms with Crippen molar-refractivity contribution in [2.45, 2.75) is 69.6 Å². The Kier molecular flexibility index (Phi) is 14.1. The van der Waals surface area contributed by atoms with Gasteiger partial charge in [0.1, 0.15) is 17.8 Å². The summed E-state index contributed by atoms with van der Waals surface area (Å²) >= 11 is 0. The molecule has 3 atom stereocenters. The van der Waals surface area contributed by atoms with Crippen molar-refractivity contribution in [2.24, 2.45) is 17.2 Å². The van der Waals surface area contributed by atoms with Crippen molar-refractivity contribution in [3.8, 4) is 5.75 Å². The van der Waals surface area contributed by atoms with Crippen LogP contribution in [0.5, 0.6) is 5.75 Å². The van der Waals surface area contributed by atoms with E-state index in [0.717, 1.165) is 17.7 Å². The summed E-state index contributed by atoms with van der Waals surface area (Å²) in [4.78, 5) is 39.0. The first-order valence-corrected chi connectivity index (χ1v) is 13.4. The summed E-state index contributed by atoms with van der Waals surface area (Å²) in [6.07, 6.45) is -2.47. The second-order valence-corrected chi connectivity index (χ2v) is 9.52. The van der Waals surface area contributed by atoms with Gasteiger partial charge in [-0.25, -0.2) is 0 Å². The number of amides is 3. The fraction of sp³-hybridized carbons (Fsp3) is 0.464. The van der Waals surface area contributed by atoms with Gasteiger partial charge in [-0.3, -0.25) is 14.4 Å². The lowest BCUT2D eigenvalue weighted by atomic mass is 10.0. The van der Waals surface area contributed by atoms with Crippen molar-refractivity contribution >= 4 is 17.7 Å². The maximum Gasteiger partial charge on any atom is 0.573 e. The van der Waals surface area contributed by atoms with E-state index < -0.39 is 42.2 Å². The van der Waals surface area contributed by atoms with Crippen LogP contribution in [0.2, 0.25) is 0 Å². The smallest absolute Gasteiger partial charge is 0.406 e. The minimum absolute atomic E-state index is 0.00612. The van der Waals surface area contributed by atoms with Crippen LogP contribution in [0, 0.1) is 0 Å². The third-order valence-electron chi connectivity index (χ3n) is 6.21. The molecule has 0 aliphatic carbocycles. The number of nitrogens with two attached hydrogens (primary N) is 3. The number of carbonyl (C=O) groups excluding carboxylic acids is 3. The quantitative estimate of drug-likeness (QED) is 0.165. The Balaban J connectivity index is 2.10. The van der Waals surface area contributed by atoms with Crippen molar-refractivity contribution < 1.29 is 32.3 Å². The molecule has 2 aromatic rings. The van der Waals surface area contributed by atoms with Gasteiger partial charge < -0.3 is 37.9 Å². The molecule has 41 heavy (non-hydrogen) atoms.